The molecule has 0 unspecified atom stereocenters. The monoisotopic (exact) mass is 460 g/mol. The van der Waals surface area contributed by atoms with Gasteiger partial charge in [-0.05, 0) is 45.2 Å². The van der Waals surface area contributed by atoms with Crippen LogP contribution in [0.5, 0.6) is 0 Å². The quantitative estimate of drug-likeness (QED) is 0.542. The second-order valence-electron chi connectivity index (χ2n) is 2.49. The fourth-order valence-electron chi connectivity index (χ4n) is 0.891. The molecule has 0 saturated heterocycles. The zero-order chi connectivity index (χ0) is 11.8. The number of rotatable bonds is 2. The second-order valence-corrected chi connectivity index (χ2v) is 6.12. The molecule has 0 aliphatic rings. The van der Waals surface area contributed by atoms with E-state index >= 15 is 0 Å². The molecular weight excluding hydrogens is 456 g/mol. The first-order valence-electron chi connectivity index (χ1n) is 3.40. The van der Waals surface area contributed by atoms with Crippen LogP contribution in [0, 0.1) is 7.27 Å². The predicted octanol–water partition coefficient (Wildman–Crippen LogP) is 1.88. The molecule has 1 heterocycles. The van der Waals surface area contributed by atoms with Crippen molar-refractivity contribution >= 4 is 55.2 Å². The number of hydrogen-bond donors (Lipinski definition) is 1. The maximum absolute atomic E-state index is 12.6. The Labute approximate surface area is 112 Å². The van der Waals surface area contributed by atoms with Gasteiger partial charge >= 0.3 is 0 Å². The maximum atomic E-state index is 12.6. The first-order valence-corrected chi connectivity index (χ1v) is 7.10. The Morgan fingerprint density at radius 1 is 1.40 bits per heavy atom. The summed E-state index contributed by atoms with van der Waals surface area (Å²) in [7, 11) is -4.17. The van der Waals surface area contributed by atoms with Crippen LogP contribution in [0.15, 0.2) is 11.1 Å². The van der Waals surface area contributed by atoms with Crippen LogP contribution in [0.1, 0.15) is 12.0 Å². The van der Waals surface area contributed by atoms with E-state index in [9.17, 15) is 17.2 Å². The Hall–Kier alpha value is 0.380. The van der Waals surface area contributed by atoms with Crippen LogP contribution in [0.3, 0.4) is 0 Å². The number of sulfonamides is 1. The van der Waals surface area contributed by atoms with Crippen LogP contribution in [-0.2, 0) is 10.0 Å². The van der Waals surface area contributed by atoms with Crippen molar-refractivity contribution in [3.8, 4) is 0 Å². The number of nitrogens with two attached hydrogens (primary N) is 1. The first kappa shape index (κ1) is 13.4. The van der Waals surface area contributed by atoms with Gasteiger partial charge in [0, 0.05) is 6.20 Å². The largest absolute Gasteiger partial charge is 0.266 e. The highest BCUT2D eigenvalue weighted by Crippen LogP contribution is 2.31. The zero-order valence-corrected chi connectivity index (χ0v) is 12.0. The van der Waals surface area contributed by atoms with Gasteiger partial charge in [-0.2, -0.15) is 0 Å². The van der Waals surface area contributed by atoms with Crippen LogP contribution in [0.4, 0.5) is 8.78 Å². The molecule has 9 heteroatoms. The van der Waals surface area contributed by atoms with Gasteiger partial charge in [0.1, 0.15) is 8.60 Å². The van der Waals surface area contributed by atoms with Crippen molar-refractivity contribution in [2.45, 2.75) is 11.3 Å². The van der Waals surface area contributed by atoms with E-state index in [-0.39, 0.29) is 3.57 Å². The normalized spacial score (nSPS) is 12.1. The molecule has 0 amide bonds. The molecule has 1 aromatic heterocycles. The van der Waals surface area contributed by atoms with E-state index in [4.69, 9.17) is 5.14 Å². The van der Waals surface area contributed by atoms with E-state index in [1.165, 1.54) is 0 Å². The Kier molecular flexibility index (Phi) is 4.22. The van der Waals surface area contributed by atoms with Gasteiger partial charge in [-0.1, -0.05) is 0 Å². The van der Waals surface area contributed by atoms with E-state index in [1.807, 2.05) is 0 Å². The summed E-state index contributed by atoms with van der Waals surface area (Å²) in [5.74, 6) is 0. The fraction of sp³-hybridized carbons (Fsp3) is 0.167. The summed E-state index contributed by atoms with van der Waals surface area (Å²) in [5, 5.41) is 4.81. The standard InChI is InChI=1S/C6H4F2I2N2O2S/c7-5(8)3-2(15(11,13)14)1-12-6(10)4(3)9/h1,5H,(H2,11,13,14). The highest BCUT2D eigenvalue weighted by molar-refractivity contribution is 14.1. The average molecular weight is 460 g/mol. The molecule has 0 aliphatic heterocycles. The summed E-state index contributed by atoms with van der Waals surface area (Å²) < 4.78 is 47.7. The molecular formula is C6H4F2I2N2O2S. The summed E-state index contributed by atoms with van der Waals surface area (Å²) in [5.41, 5.74) is -0.586. The third kappa shape index (κ3) is 2.94. The minimum Gasteiger partial charge on any atom is -0.248 e. The minimum absolute atomic E-state index is 0.106. The predicted molar refractivity (Wildman–Crippen MR) is 66.0 cm³/mol. The molecule has 0 radical (unpaired) electrons. The number of pyridine rings is 1. The van der Waals surface area contributed by atoms with Gasteiger partial charge < -0.3 is 0 Å². The number of halogens is 4. The molecule has 0 saturated carbocycles. The van der Waals surface area contributed by atoms with E-state index < -0.39 is 26.9 Å². The number of hydrogen-bond acceptors (Lipinski definition) is 3. The van der Waals surface area contributed by atoms with Gasteiger partial charge in [0.05, 0.1) is 9.13 Å². The molecule has 0 aromatic carbocycles. The first-order chi connectivity index (χ1) is 6.75. The second kappa shape index (κ2) is 4.71. The topological polar surface area (TPSA) is 73.1 Å². The molecule has 1 rings (SSSR count). The molecule has 0 aliphatic carbocycles. The van der Waals surface area contributed by atoms with E-state index in [2.05, 4.69) is 4.98 Å². The number of primary sulfonamides is 1. The summed E-state index contributed by atoms with van der Waals surface area (Å²) in [6, 6.07) is 0. The molecule has 0 fully saturated rings. The molecule has 2 N–H and O–H groups in total. The van der Waals surface area contributed by atoms with Crippen molar-refractivity contribution in [1.29, 1.82) is 0 Å². The molecule has 1 aromatic rings. The van der Waals surface area contributed by atoms with Crippen LogP contribution in [0.2, 0.25) is 0 Å². The van der Waals surface area contributed by atoms with E-state index in [1.54, 1.807) is 45.2 Å². The highest BCUT2D eigenvalue weighted by Gasteiger charge is 2.25. The lowest BCUT2D eigenvalue weighted by atomic mass is 10.3. The molecule has 0 atom stereocenters. The van der Waals surface area contributed by atoms with Crippen LogP contribution in [-0.4, -0.2) is 13.4 Å². The van der Waals surface area contributed by atoms with Crippen LogP contribution in [0.25, 0.3) is 0 Å². The zero-order valence-electron chi connectivity index (χ0n) is 6.92. The summed E-state index contributed by atoms with van der Waals surface area (Å²) >= 11 is 3.36. The van der Waals surface area contributed by atoms with Gasteiger partial charge in [-0.25, -0.2) is 27.3 Å². The summed E-state index contributed by atoms with van der Waals surface area (Å²) in [4.78, 5) is 3.05. The smallest absolute Gasteiger partial charge is 0.248 e. The molecule has 4 nitrogen and oxygen atoms in total. The SMILES string of the molecule is NS(=O)(=O)c1cnc(I)c(I)c1C(F)F. The Balaban J connectivity index is 3.62. The molecule has 0 spiro atoms. The van der Waals surface area contributed by atoms with Crippen molar-refractivity contribution in [2.24, 2.45) is 5.14 Å². The highest BCUT2D eigenvalue weighted by atomic mass is 127. The fourth-order valence-corrected chi connectivity index (χ4v) is 2.87. The summed E-state index contributed by atoms with van der Waals surface area (Å²) in [6.45, 7) is 0. The van der Waals surface area contributed by atoms with Gasteiger partial charge in [-0.3, -0.25) is 0 Å². The molecule has 0 bridgehead atoms. The van der Waals surface area contributed by atoms with Crippen LogP contribution >= 0.6 is 45.2 Å². The Bertz CT molecular complexity index is 492. The molecule has 15 heavy (non-hydrogen) atoms. The van der Waals surface area contributed by atoms with E-state index in [0.717, 1.165) is 6.20 Å². The lowest BCUT2D eigenvalue weighted by Gasteiger charge is -2.09. The van der Waals surface area contributed by atoms with Crippen LogP contribution < -0.4 is 5.14 Å². The van der Waals surface area contributed by atoms with Gasteiger partial charge in [0.25, 0.3) is 6.43 Å². The number of alkyl halides is 2. The minimum atomic E-state index is -4.17. The number of aromatic nitrogens is 1. The van der Waals surface area contributed by atoms with Crippen molar-refractivity contribution in [3.63, 3.8) is 0 Å². The third-order valence-corrected chi connectivity index (χ3v) is 5.38. The number of nitrogens with zero attached hydrogens (tertiary/aromatic N) is 1. The average Bonchev–Trinajstić information content (AvgIpc) is 2.06. The van der Waals surface area contributed by atoms with Crippen molar-refractivity contribution in [1.82, 2.24) is 4.98 Å². The van der Waals surface area contributed by atoms with Gasteiger partial charge in [0.15, 0.2) is 0 Å². The van der Waals surface area contributed by atoms with Crippen molar-refractivity contribution < 1.29 is 17.2 Å². The Morgan fingerprint density at radius 3 is 2.33 bits per heavy atom. The lowest BCUT2D eigenvalue weighted by molar-refractivity contribution is 0.146. The summed E-state index contributed by atoms with van der Waals surface area (Å²) in [6.07, 6.45) is -2.05. The van der Waals surface area contributed by atoms with Crippen molar-refractivity contribution in [3.05, 3.63) is 19.0 Å². The van der Waals surface area contributed by atoms with Gasteiger partial charge in [-0.15, -0.1) is 0 Å². The third-order valence-electron chi connectivity index (χ3n) is 1.50. The van der Waals surface area contributed by atoms with Gasteiger partial charge in [0.2, 0.25) is 10.0 Å². The Morgan fingerprint density at radius 2 is 1.93 bits per heavy atom. The molecule has 84 valence electrons. The maximum Gasteiger partial charge on any atom is 0.266 e. The lowest BCUT2D eigenvalue weighted by Crippen LogP contribution is -2.16. The van der Waals surface area contributed by atoms with E-state index in [0.29, 0.717) is 3.70 Å². The van der Waals surface area contributed by atoms with Crippen molar-refractivity contribution in [2.75, 3.05) is 0 Å².